The number of rotatable bonds is 11. The second-order valence-corrected chi connectivity index (χ2v) is 15.6. The highest BCUT2D eigenvalue weighted by atomic mass is 32.2. The number of pyridine rings is 3. The van der Waals surface area contributed by atoms with Crippen molar-refractivity contribution in [3.05, 3.63) is 104 Å². The summed E-state index contributed by atoms with van der Waals surface area (Å²) in [7, 11) is -4.02. The molecule has 1 N–H and O–H groups in total. The first-order valence-electron chi connectivity index (χ1n) is 15.9. The van der Waals surface area contributed by atoms with Gasteiger partial charge in [-0.15, -0.1) is 11.3 Å². The number of sulfonamides is 1. The Kier molecular flexibility index (Phi) is 8.49. The molecule has 0 aliphatic heterocycles. The van der Waals surface area contributed by atoms with E-state index in [2.05, 4.69) is 19.8 Å². The molecule has 0 bridgehead atoms. The Morgan fingerprint density at radius 2 is 1.76 bits per heavy atom. The number of benzene rings is 1. The maximum absolute atomic E-state index is 13.7. The fourth-order valence-electron chi connectivity index (χ4n) is 5.73. The number of nitrogens with one attached hydrogen (secondary N) is 1. The molecule has 11 nitrogen and oxygen atoms in total. The van der Waals surface area contributed by atoms with Crippen LogP contribution in [0.3, 0.4) is 0 Å². The number of aromatic nitrogens is 4. The summed E-state index contributed by atoms with van der Waals surface area (Å²) in [5, 5.41) is 4.63. The van der Waals surface area contributed by atoms with Gasteiger partial charge in [-0.2, -0.15) is 0 Å². The highest BCUT2D eigenvalue weighted by Gasteiger charge is 2.28. The number of aryl methyl sites for hydroxylation is 4. The Morgan fingerprint density at radius 3 is 2.47 bits per heavy atom. The van der Waals surface area contributed by atoms with Gasteiger partial charge in [0.2, 0.25) is 0 Å². The van der Waals surface area contributed by atoms with Crippen molar-refractivity contribution >= 4 is 38.1 Å². The first kappa shape index (κ1) is 32.5. The van der Waals surface area contributed by atoms with Crippen LogP contribution in [-0.4, -0.2) is 34.7 Å². The Hall–Kier alpha value is -5.01. The summed E-state index contributed by atoms with van der Waals surface area (Å²) in [6, 6.07) is 14.4. The van der Waals surface area contributed by atoms with E-state index < -0.39 is 10.0 Å². The van der Waals surface area contributed by atoms with E-state index >= 15 is 0 Å². The van der Waals surface area contributed by atoms with Gasteiger partial charge in [-0.3, -0.25) is 19.5 Å². The van der Waals surface area contributed by atoms with Gasteiger partial charge < -0.3 is 18.6 Å². The monoisotopic (exact) mass is 697 g/mol. The van der Waals surface area contributed by atoms with Crippen molar-refractivity contribution in [2.24, 2.45) is 5.92 Å². The molecule has 0 amide bonds. The lowest BCUT2D eigenvalue weighted by Gasteiger charge is -2.18. The first-order chi connectivity index (χ1) is 23.5. The molecule has 0 radical (unpaired) electrons. The zero-order chi connectivity index (χ0) is 34.4. The van der Waals surface area contributed by atoms with Gasteiger partial charge in [0, 0.05) is 45.7 Å². The topological polar surface area (TPSA) is 138 Å². The van der Waals surface area contributed by atoms with E-state index in [0.29, 0.717) is 57.7 Å². The SMILES string of the molecule is Cc1cc2c(c(Oc3ccncc3)cc(=O)n2Cc2ccc(-c3cc(C)sc3S(=O)(=O)Nc3noc(C)c3C)c(OCC3CC3)c2)c(C)n1. The molecule has 5 heterocycles. The van der Waals surface area contributed by atoms with Crippen LogP contribution in [0, 0.1) is 40.5 Å². The summed E-state index contributed by atoms with van der Waals surface area (Å²) in [5.74, 6) is 2.69. The lowest BCUT2D eigenvalue weighted by Crippen LogP contribution is -2.21. The van der Waals surface area contributed by atoms with E-state index in [1.54, 1.807) is 42.9 Å². The predicted molar refractivity (Wildman–Crippen MR) is 188 cm³/mol. The summed E-state index contributed by atoms with van der Waals surface area (Å²) in [6.07, 6.45) is 5.44. The van der Waals surface area contributed by atoms with E-state index in [4.69, 9.17) is 14.0 Å². The van der Waals surface area contributed by atoms with Crippen LogP contribution in [0.5, 0.6) is 17.2 Å². The molecule has 0 atom stereocenters. The Bertz CT molecular complexity index is 2380. The maximum atomic E-state index is 13.7. The van der Waals surface area contributed by atoms with E-state index in [0.717, 1.165) is 40.1 Å². The molecule has 0 spiro atoms. The number of nitrogens with zero attached hydrogens (tertiary/aromatic N) is 4. The molecule has 1 aliphatic carbocycles. The lowest BCUT2D eigenvalue weighted by atomic mass is 10.0. The highest BCUT2D eigenvalue weighted by Crippen LogP contribution is 2.42. The van der Waals surface area contributed by atoms with Crippen LogP contribution >= 0.6 is 11.3 Å². The molecule has 49 heavy (non-hydrogen) atoms. The Labute approximate surface area is 287 Å². The molecule has 1 fully saturated rings. The van der Waals surface area contributed by atoms with E-state index in [-0.39, 0.29) is 22.1 Å². The molecule has 7 rings (SSSR count). The molecule has 252 valence electrons. The van der Waals surface area contributed by atoms with Crippen molar-refractivity contribution in [2.45, 2.75) is 58.2 Å². The second-order valence-electron chi connectivity index (χ2n) is 12.4. The first-order valence-corrected chi connectivity index (χ1v) is 18.2. The van der Waals surface area contributed by atoms with E-state index in [1.165, 1.54) is 17.4 Å². The quantitative estimate of drug-likeness (QED) is 0.146. The molecule has 13 heteroatoms. The largest absolute Gasteiger partial charge is 0.493 e. The number of hydrogen-bond acceptors (Lipinski definition) is 10. The number of hydrogen-bond donors (Lipinski definition) is 1. The second kappa shape index (κ2) is 12.8. The smallest absolute Gasteiger partial charge is 0.273 e. The lowest BCUT2D eigenvalue weighted by molar-refractivity contribution is 0.300. The summed E-state index contributed by atoms with van der Waals surface area (Å²) in [5.41, 5.74) is 4.58. The van der Waals surface area contributed by atoms with Crippen LogP contribution in [-0.2, 0) is 16.6 Å². The van der Waals surface area contributed by atoms with Crippen LogP contribution < -0.4 is 19.8 Å². The van der Waals surface area contributed by atoms with Crippen LogP contribution in [0.4, 0.5) is 5.82 Å². The minimum Gasteiger partial charge on any atom is -0.493 e. The van der Waals surface area contributed by atoms with Crippen LogP contribution in [0.25, 0.3) is 22.0 Å². The van der Waals surface area contributed by atoms with E-state index in [9.17, 15) is 13.2 Å². The van der Waals surface area contributed by atoms with Crippen molar-refractivity contribution in [3.8, 4) is 28.4 Å². The fourth-order valence-corrected chi connectivity index (χ4v) is 8.43. The van der Waals surface area contributed by atoms with Crippen molar-refractivity contribution in [1.82, 2.24) is 19.7 Å². The third-order valence-electron chi connectivity index (χ3n) is 8.54. The van der Waals surface area contributed by atoms with Gasteiger partial charge in [0.05, 0.1) is 29.7 Å². The fraction of sp³-hybridized carbons (Fsp3) is 0.278. The molecule has 5 aromatic heterocycles. The molecule has 1 aliphatic rings. The zero-order valence-electron chi connectivity index (χ0n) is 27.7. The number of ether oxygens (including phenoxy) is 2. The normalized spacial score (nSPS) is 13.2. The molecule has 1 saturated carbocycles. The minimum absolute atomic E-state index is 0.152. The van der Waals surface area contributed by atoms with Crippen LogP contribution in [0.15, 0.2) is 74.5 Å². The average Bonchev–Trinajstić information content (AvgIpc) is 3.73. The van der Waals surface area contributed by atoms with Gasteiger partial charge in [0.1, 0.15) is 27.2 Å². The van der Waals surface area contributed by atoms with Gasteiger partial charge >= 0.3 is 0 Å². The van der Waals surface area contributed by atoms with Crippen LogP contribution in [0.1, 0.15) is 46.0 Å². The van der Waals surface area contributed by atoms with Gasteiger partial charge in [-0.25, -0.2) is 8.42 Å². The maximum Gasteiger partial charge on any atom is 0.273 e. The third kappa shape index (κ3) is 6.68. The van der Waals surface area contributed by atoms with Crippen molar-refractivity contribution in [3.63, 3.8) is 0 Å². The van der Waals surface area contributed by atoms with Gasteiger partial charge in [0.25, 0.3) is 15.6 Å². The number of anilines is 1. The Balaban J connectivity index is 1.29. The Morgan fingerprint density at radius 1 is 0.980 bits per heavy atom. The molecule has 6 aromatic rings. The molecule has 1 aromatic carbocycles. The van der Waals surface area contributed by atoms with Gasteiger partial charge in [-0.1, -0.05) is 17.3 Å². The van der Waals surface area contributed by atoms with Crippen molar-refractivity contribution < 1.29 is 22.4 Å². The molecule has 0 unspecified atom stereocenters. The van der Waals surface area contributed by atoms with E-state index in [1.807, 2.05) is 51.1 Å². The van der Waals surface area contributed by atoms with Crippen LogP contribution in [0.2, 0.25) is 0 Å². The predicted octanol–water partition coefficient (Wildman–Crippen LogP) is 7.48. The number of thiophene rings is 1. The summed E-state index contributed by atoms with van der Waals surface area (Å²) in [4.78, 5) is 23.3. The van der Waals surface area contributed by atoms with Crippen molar-refractivity contribution in [2.75, 3.05) is 11.3 Å². The summed E-state index contributed by atoms with van der Waals surface area (Å²) in [6.45, 7) is 9.91. The third-order valence-corrected chi connectivity index (χ3v) is 11.5. The van der Waals surface area contributed by atoms with Crippen molar-refractivity contribution in [1.29, 1.82) is 0 Å². The number of fused-ring (bicyclic) bond motifs is 1. The standard InChI is InChI=1S/C36H35N5O6S2/c1-20-14-30-34(23(4)38-20)32(46-27-10-12-37-13-11-27)17-33(42)41(30)18-26-8-9-28(31(16-26)45-19-25-6-7-25)29-15-21(2)48-36(29)49(43,44)40-35-22(3)24(5)47-39-35/h8-17,25H,6-7,18-19H2,1-5H3,(H,39,40). The summed E-state index contributed by atoms with van der Waals surface area (Å²) < 4.78 is 49.7. The molecular weight excluding hydrogens is 663 g/mol. The zero-order valence-corrected chi connectivity index (χ0v) is 29.4. The average molecular weight is 698 g/mol. The molecular formula is C36H35N5O6S2. The summed E-state index contributed by atoms with van der Waals surface area (Å²) >= 11 is 1.18. The van der Waals surface area contributed by atoms with Gasteiger partial charge in [0.15, 0.2) is 5.82 Å². The molecule has 0 saturated heterocycles. The minimum atomic E-state index is -4.02. The van der Waals surface area contributed by atoms with Gasteiger partial charge in [-0.05, 0) is 89.3 Å². The highest BCUT2D eigenvalue weighted by molar-refractivity contribution is 7.94.